The van der Waals surface area contributed by atoms with Gasteiger partial charge in [0.1, 0.15) is 5.82 Å². The first-order valence-corrected chi connectivity index (χ1v) is 7.61. The summed E-state index contributed by atoms with van der Waals surface area (Å²) in [5, 5.41) is 7.66. The molecule has 3 amide bonds. The number of rotatable bonds is 6. The van der Waals surface area contributed by atoms with Crippen LogP contribution >= 0.6 is 0 Å². The van der Waals surface area contributed by atoms with Crippen LogP contribution in [0.1, 0.15) is 22.8 Å². The van der Waals surface area contributed by atoms with Gasteiger partial charge in [0.2, 0.25) is 11.8 Å². The third-order valence-electron chi connectivity index (χ3n) is 3.29. The van der Waals surface area contributed by atoms with E-state index in [1.54, 1.807) is 30.3 Å². The molecule has 0 saturated heterocycles. The molecule has 0 spiro atoms. The van der Waals surface area contributed by atoms with Crippen molar-refractivity contribution in [2.75, 3.05) is 11.9 Å². The van der Waals surface area contributed by atoms with Gasteiger partial charge in [-0.15, -0.1) is 0 Å². The Bertz CT molecular complexity index is 775. The van der Waals surface area contributed by atoms with E-state index < -0.39 is 17.6 Å². The van der Waals surface area contributed by atoms with Crippen molar-refractivity contribution >= 4 is 23.4 Å². The van der Waals surface area contributed by atoms with Gasteiger partial charge < -0.3 is 16.0 Å². The minimum Gasteiger partial charge on any atom is -0.350 e. The summed E-state index contributed by atoms with van der Waals surface area (Å²) in [6.07, 6.45) is 0. The quantitative estimate of drug-likeness (QED) is 0.748. The lowest BCUT2D eigenvalue weighted by atomic mass is 10.2. The molecule has 0 saturated carbocycles. The summed E-state index contributed by atoms with van der Waals surface area (Å²) in [6.45, 7) is 1.44. The number of anilines is 1. The van der Waals surface area contributed by atoms with Gasteiger partial charge in [-0.25, -0.2) is 4.39 Å². The predicted molar refractivity (Wildman–Crippen MR) is 91.3 cm³/mol. The van der Waals surface area contributed by atoms with Crippen molar-refractivity contribution in [2.24, 2.45) is 0 Å². The summed E-state index contributed by atoms with van der Waals surface area (Å²) in [5.74, 6) is -1.84. The standard InChI is InChI=1S/C18H18FN3O3/c1-12(23)22-14-8-6-13(7-9-14)10-20-17(24)11-21-18(25)15-4-2-3-5-16(15)19/h2-9H,10-11H2,1H3,(H,20,24)(H,21,25)(H,22,23). The maximum atomic E-state index is 13.5. The molecule has 130 valence electrons. The molecule has 25 heavy (non-hydrogen) atoms. The zero-order chi connectivity index (χ0) is 18.2. The lowest BCUT2D eigenvalue weighted by Crippen LogP contribution is -2.36. The molecule has 0 aliphatic rings. The normalized spacial score (nSPS) is 10.0. The van der Waals surface area contributed by atoms with Gasteiger partial charge >= 0.3 is 0 Å². The highest BCUT2D eigenvalue weighted by atomic mass is 19.1. The first kappa shape index (κ1) is 18.1. The molecule has 6 nitrogen and oxygen atoms in total. The van der Waals surface area contributed by atoms with E-state index in [0.717, 1.165) is 5.56 Å². The molecule has 0 radical (unpaired) electrons. The first-order chi connectivity index (χ1) is 12.0. The van der Waals surface area contributed by atoms with Crippen LogP contribution in [0.25, 0.3) is 0 Å². The number of hydrogen-bond donors (Lipinski definition) is 3. The van der Waals surface area contributed by atoms with Crippen molar-refractivity contribution in [2.45, 2.75) is 13.5 Å². The minimum atomic E-state index is -0.645. The van der Waals surface area contributed by atoms with Gasteiger partial charge in [-0.3, -0.25) is 14.4 Å². The molecule has 0 aliphatic carbocycles. The van der Waals surface area contributed by atoms with Crippen LogP contribution in [0, 0.1) is 5.82 Å². The number of carbonyl (C=O) groups excluding carboxylic acids is 3. The van der Waals surface area contributed by atoms with Gasteiger partial charge in [-0.05, 0) is 29.8 Å². The minimum absolute atomic E-state index is 0.108. The van der Waals surface area contributed by atoms with Crippen molar-refractivity contribution in [3.05, 3.63) is 65.5 Å². The molecule has 7 heteroatoms. The Morgan fingerprint density at radius 3 is 2.28 bits per heavy atom. The zero-order valence-corrected chi connectivity index (χ0v) is 13.6. The Kier molecular flexibility index (Phi) is 6.22. The monoisotopic (exact) mass is 343 g/mol. The Balaban J connectivity index is 1.78. The smallest absolute Gasteiger partial charge is 0.254 e. The van der Waals surface area contributed by atoms with Gasteiger partial charge in [-0.2, -0.15) is 0 Å². The van der Waals surface area contributed by atoms with E-state index in [1.165, 1.54) is 25.1 Å². The lowest BCUT2D eigenvalue weighted by Gasteiger charge is -2.08. The highest BCUT2D eigenvalue weighted by Gasteiger charge is 2.11. The maximum Gasteiger partial charge on any atom is 0.254 e. The lowest BCUT2D eigenvalue weighted by molar-refractivity contribution is -0.120. The molecule has 0 unspecified atom stereocenters. The second kappa shape index (κ2) is 8.58. The van der Waals surface area contributed by atoms with Gasteiger partial charge in [0.05, 0.1) is 12.1 Å². The van der Waals surface area contributed by atoms with Gasteiger partial charge in [0.25, 0.3) is 5.91 Å². The zero-order valence-electron chi connectivity index (χ0n) is 13.6. The summed E-state index contributed by atoms with van der Waals surface area (Å²) in [4.78, 5) is 34.5. The summed E-state index contributed by atoms with van der Waals surface area (Å²) in [6, 6.07) is 12.5. The van der Waals surface area contributed by atoms with Crippen LogP contribution in [0.4, 0.5) is 10.1 Å². The van der Waals surface area contributed by atoms with E-state index in [-0.39, 0.29) is 24.6 Å². The summed E-state index contributed by atoms with van der Waals surface area (Å²) >= 11 is 0. The van der Waals surface area contributed by atoms with Crippen LogP contribution in [0.5, 0.6) is 0 Å². The van der Waals surface area contributed by atoms with Gasteiger partial charge in [0, 0.05) is 19.2 Å². The molecule has 0 bridgehead atoms. The van der Waals surface area contributed by atoms with Gasteiger partial charge in [-0.1, -0.05) is 24.3 Å². The van der Waals surface area contributed by atoms with Crippen LogP contribution in [-0.4, -0.2) is 24.3 Å². The second-order valence-electron chi connectivity index (χ2n) is 5.32. The third-order valence-corrected chi connectivity index (χ3v) is 3.29. The molecule has 0 fully saturated rings. The molecule has 0 aromatic heterocycles. The van der Waals surface area contributed by atoms with E-state index in [0.29, 0.717) is 5.69 Å². The largest absolute Gasteiger partial charge is 0.350 e. The number of halogens is 1. The highest BCUT2D eigenvalue weighted by Crippen LogP contribution is 2.09. The molecule has 0 atom stereocenters. The van der Waals surface area contributed by atoms with Crippen LogP contribution < -0.4 is 16.0 Å². The Hall–Kier alpha value is -3.22. The predicted octanol–water partition coefficient (Wildman–Crippen LogP) is 1.83. The van der Waals surface area contributed by atoms with E-state index in [9.17, 15) is 18.8 Å². The maximum absolute atomic E-state index is 13.5. The van der Waals surface area contributed by atoms with Crippen LogP contribution in [0.3, 0.4) is 0 Å². The van der Waals surface area contributed by atoms with E-state index in [2.05, 4.69) is 16.0 Å². The number of amides is 3. The molecule has 3 N–H and O–H groups in total. The fourth-order valence-corrected chi connectivity index (χ4v) is 2.07. The van der Waals surface area contributed by atoms with Crippen molar-refractivity contribution in [1.29, 1.82) is 0 Å². The van der Waals surface area contributed by atoms with Crippen molar-refractivity contribution in [1.82, 2.24) is 10.6 Å². The van der Waals surface area contributed by atoms with Crippen molar-refractivity contribution in [3.63, 3.8) is 0 Å². The number of hydrogen-bond acceptors (Lipinski definition) is 3. The van der Waals surface area contributed by atoms with Crippen LogP contribution in [0.2, 0.25) is 0 Å². The van der Waals surface area contributed by atoms with Crippen molar-refractivity contribution < 1.29 is 18.8 Å². The van der Waals surface area contributed by atoms with E-state index in [4.69, 9.17) is 0 Å². The molecular formula is C18H18FN3O3. The Morgan fingerprint density at radius 2 is 1.64 bits per heavy atom. The molecule has 0 heterocycles. The molecular weight excluding hydrogens is 325 g/mol. The topological polar surface area (TPSA) is 87.3 Å². The fraction of sp³-hybridized carbons (Fsp3) is 0.167. The summed E-state index contributed by atoms with van der Waals surface area (Å²) < 4.78 is 13.5. The van der Waals surface area contributed by atoms with E-state index >= 15 is 0 Å². The molecule has 0 aliphatic heterocycles. The van der Waals surface area contributed by atoms with Gasteiger partial charge in [0.15, 0.2) is 0 Å². The average molecular weight is 343 g/mol. The number of benzene rings is 2. The average Bonchev–Trinajstić information content (AvgIpc) is 2.59. The number of nitrogens with one attached hydrogen (secondary N) is 3. The summed E-state index contributed by atoms with van der Waals surface area (Å²) in [5.41, 5.74) is 1.39. The molecule has 2 aromatic rings. The van der Waals surface area contributed by atoms with Crippen LogP contribution in [0.15, 0.2) is 48.5 Å². The SMILES string of the molecule is CC(=O)Nc1ccc(CNC(=O)CNC(=O)c2ccccc2F)cc1. The van der Waals surface area contributed by atoms with Crippen molar-refractivity contribution in [3.8, 4) is 0 Å². The Labute approximate surface area is 144 Å². The third kappa shape index (κ3) is 5.72. The molecule has 2 aromatic carbocycles. The number of carbonyl (C=O) groups is 3. The van der Waals surface area contributed by atoms with Crippen LogP contribution in [-0.2, 0) is 16.1 Å². The first-order valence-electron chi connectivity index (χ1n) is 7.61. The summed E-state index contributed by atoms with van der Waals surface area (Å²) in [7, 11) is 0. The van der Waals surface area contributed by atoms with E-state index in [1.807, 2.05) is 0 Å². The fourth-order valence-electron chi connectivity index (χ4n) is 2.07. The highest BCUT2D eigenvalue weighted by molar-refractivity contribution is 5.96. The Morgan fingerprint density at radius 1 is 0.960 bits per heavy atom. The second-order valence-corrected chi connectivity index (χ2v) is 5.32. The molecule has 2 rings (SSSR count).